The third kappa shape index (κ3) is 4.03. The number of carbonyl (C=O) groups excluding carboxylic acids is 1. The average Bonchev–Trinajstić information content (AvgIpc) is 2.61. The summed E-state index contributed by atoms with van der Waals surface area (Å²) in [6.07, 6.45) is 0.272. The van der Waals surface area contributed by atoms with Gasteiger partial charge >= 0.3 is 0 Å². The number of benzene rings is 2. The molecule has 0 aliphatic carbocycles. The Hall–Kier alpha value is -2.49. The normalized spacial score (nSPS) is 11.7. The Morgan fingerprint density at radius 2 is 1.78 bits per heavy atom. The Bertz CT molecular complexity index is 655. The molecule has 0 unspecified atom stereocenters. The molecule has 23 heavy (non-hydrogen) atoms. The van der Waals surface area contributed by atoms with Crippen molar-refractivity contribution in [3.8, 4) is 11.5 Å². The summed E-state index contributed by atoms with van der Waals surface area (Å²) >= 11 is 0. The van der Waals surface area contributed by atoms with E-state index in [0.717, 1.165) is 11.1 Å². The number of hydrogen-bond donors (Lipinski definition) is 0. The summed E-state index contributed by atoms with van der Waals surface area (Å²) in [7, 11) is 5.04. The van der Waals surface area contributed by atoms with Crippen molar-refractivity contribution < 1.29 is 14.3 Å². The largest absolute Gasteiger partial charge is 0.497 e. The Kier molecular flexibility index (Phi) is 5.63. The highest BCUT2D eigenvalue weighted by Crippen LogP contribution is 2.26. The fourth-order valence-electron chi connectivity index (χ4n) is 2.48. The molecule has 0 saturated carbocycles. The van der Waals surface area contributed by atoms with E-state index < -0.39 is 0 Å². The van der Waals surface area contributed by atoms with Crippen LogP contribution in [-0.4, -0.2) is 32.1 Å². The van der Waals surface area contributed by atoms with Crippen molar-refractivity contribution in [2.24, 2.45) is 0 Å². The third-order valence-electron chi connectivity index (χ3n) is 4.09. The van der Waals surface area contributed by atoms with E-state index in [1.807, 2.05) is 62.5 Å². The maximum absolute atomic E-state index is 12.6. The summed E-state index contributed by atoms with van der Waals surface area (Å²) in [5.74, 6) is 1.44. The van der Waals surface area contributed by atoms with Crippen LogP contribution in [-0.2, 0) is 11.2 Å². The maximum atomic E-state index is 12.6. The van der Waals surface area contributed by atoms with Crippen LogP contribution in [0.25, 0.3) is 0 Å². The molecular formula is C19H23NO3. The summed E-state index contributed by atoms with van der Waals surface area (Å²) in [6.45, 7) is 2.02. The number of rotatable bonds is 6. The van der Waals surface area contributed by atoms with Crippen molar-refractivity contribution in [3.63, 3.8) is 0 Å². The Balaban J connectivity index is 2.15. The molecule has 2 aromatic rings. The second kappa shape index (κ2) is 7.68. The first kappa shape index (κ1) is 16.9. The van der Waals surface area contributed by atoms with Crippen LogP contribution < -0.4 is 9.47 Å². The number of carbonyl (C=O) groups is 1. The minimum atomic E-state index is 0.0142. The summed E-state index contributed by atoms with van der Waals surface area (Å²) in [5.41, 5.74) is 1.94. The number of ether oxygens (including phenoxy) is 2. The summed E-state index contributed by atoms with van der Waals surface area (Å²) < 4.78 is 10.6. The van der Waals surface area contributed by atoms with Gasteiger partial charge in [0.05, 0.1) is 26.7 Å². The molecule has 0 aromatic heterocycles. The van der Waals surface area contributed by atoms with Crippen molar-refractivity contribution in [2.45, 2.75) is 19.4 Å². The zero-order chi connectivity index (χ0) is 16.8. The van der Waals surface area contributed by atoms with E-state index in [1.54, 1.807) is 19.1 Å². The molecule has 1 atom stereocenters. The lowest BCUT2D eigenvalue weighted by Crippen LogP contribution is -2.31. The lowest BCUT2D eigenvalue weighted by atomic mass is 10.1. The van der Waals surface area contributed by atoms with Crippen molar-refractivity contribution in [1.29, 1.82) is 0 Å². The van der Waals surface area contributed by atoms with Crippen LogP contribution in [0.2, 0.25) is 0 Å². The van der Waals surface area contributed by atoms with E-state index in [-0.39, 0.29) is 18.4 Å². The number of likely N-dealkylation sites (N-methyl/N-ethyl adjacent to an activating group) is 1. The number of hydrogen-bond acceptors (Lipinski definition) is 3. The summed E-state index contributed by atoms with van der Waals surface area (Å²) in [4.78, 5) is 14.4. The molecule has 122 valence electrons. The van der Waals surface area contributed by atoms with Gasteiger partial charge in [0.2, 0.25) is 5.91 Å². The standard InChI is InChI=1S/C19H23NO3/c1-14(15-8-6-5-7-9-15)20(2)19(21)13-16-12-17(22-3)10-11-18(16)23-4/h5-12,14H,13H2,1-4H3/t14-/m0/s1. The molecule has 0 aliphatic rings. The van der Waals surface area contributed by atoms with Crippen molar-refractivity contribution in [3.05, 3.63) is 59.7 Å². The average molecular weight is 313 g/mol. The summed E-state index contributed by atoms with van der Waals surface area (Å²) in [6, 6.07) is 15.5. The van der Waals surface area contributed by atoms with Gasteiger partial charge in [-0.05, 0) is 30.7 Å². The first-order valence-corrected chi connectivity index (χ1v) is 7.58. The lowest BCUT2D eigenvalue weighted by Gasteiger charge is -2.26. The molecule has 0 aliphatic heterocycles. The van der Waals surface area contributed by atoms with Gasteiger partial charge in [-0.25, -0.2) is 0 Å². The second-order valence-corrected chi connectivity index (χ2v) is 5.45. The molecule has 0 bridgehead atoms. The molecule has 0 N–H and O–H groups in total. The minimum absolute atomic E-state index is 0.0142. The van der Waals surface area contributed by atoms with Gasteiger partial charge in [-0.1, -0.05) is 30.3 Å². The van der Waals surface area contributed by atoms with Crippen LogP contribution in [0.1, 0.15) is 24.1 Å². The van der Waals surface area contributed by atoms with Gasteiger partial charge in [0, 0.05) is 12.6 Å². The van der Waals surface area contributed by atoms with Gasteiger partial charge in [-0.3, -0.25) is 4.79 Å². The quantitative estimate of drug-likeness (QED) is 0.820. The van der Waals surface area contributed by atoms with E-state index in [1.165, 1.54) is 0 Å². The zero-order valence-electron chi connectivity index (χ0n) is 14.1. The van der Waals surface area contributed by atoms with Crippen molar-refractivity contribution >= 4 is 5.91 Å². The highest BCUT2D eigenvalue weighted by atomic mass is 16.5. The first-order valence-electron chi connectivity index (χ1n) is 7.58. The number of nitrogens with zero attached hydrogens (tertiary/aromatic N) is 1. The topological polar surface area (TPSA) is 38.8 Å². The molecule has 0 radical (unpaired) electrons. The van der Waals surface area contributed by atoms with Gasteiger partial charge in [0.15, 0.2) is 0 Å². The van der Waals surface area contributed by atoms with E-state index in [4.69, 9.17) is 9.47 Å². The van der Waals surface area contributed by atoms with Crippen molar-refractivity contribution in [2.75, 3.05) is 21.3 Å². The van der Waals surface area contributed by atoms with Crippen LogP contribution in [0.3, 0.4) is 0 Å². The van der Waals surface area contributed by atoms with Gasteiger partial charge in [-0.15, -0.1) is 0 Å². The van der Waals surface area contributed by atoms with Gasteiger partial charge < -0.3 is 14.4 Å². The van der Waals surface area contributed by atoms with Crippen LogP contribution >= 0.6 is 0 Å². The van der Waals surface area contributed by atoms with Crippen molar-refractivity contribution in [1.82, 2.24) is 4.90 Å². The SMILES string of the molecule is COc1ccc(OC)c(CC(=O)N(C)[C@@H](C)c2ccccc2)c1. The molecule has 0 fully saturated rings. The molecule has 1 amide bonds. The number of amides is 1. The van der Waals surface area contributed by atoms with Crippen LogP contribution in [0, 0.1) is 0 Å². The molecule has 0 heterocycles. The fourth-order valence-corrected chi connectivity index (χ4v) is 2.48. The van der Waals surface area contributed by atoms with Crippen LogP contribution in [0.15, 0.2) is 48.5 Å². The Labute approximate surface area is 137 Å². The molecular weight excluding hydrogens is 290 g/mol. The zero-order valence-corrected chi connectivity index (χ0v) is 14.1. The second-order valence-electron chi connectivity index (χ2n) is 5.45. The third-order valence-corrected chi connectivity index (χ3v) is 4.09. The first-order chi connectivity index (χ1) is 11.1. The number of methoxy groups -OCH3 is 2. The highest BCUT2D eigenvalue weighted by Gasteiger charge is 2.19. The van der Waals surface area contributed by atoms with Crippen LogP contribution in [0.4, 0.5) is 0 Å². The predicted octanol–water partition coefficient (Wildman–Crippen LogP) is 3.47. The minimum Gasteiger partial charge on any atom is -0.497 e. The summed E-state index contributed by atoms with van der Waals surface area (Å²) in [5, 5.41) is 0. The molecule has 4 nitrogen and oxygen atoms in total. The molecule has 4 heteroatoms. The van der Waals surface area contributed by atoms with E-state index >= 15 is 0 Å². The Morgan fingerprint density at radius 1 is 1.09 bits per heavy atom. The lowest BCUT2D eigenvalue weighted by molar-refractivity contribution is -0.131. The van der Waals surface area contributed by atoms with Gasteiger partial charge in [-0.2, -0.15) is 0 Å². The molecule has 0 saturated heterocycles. The van der Waals surface area contributed by atoms with E-state index in [9.17, 15) is 4.79 Å². The predicted molar refractivity (Wildman–Crippen MR) is 90.9 cm³/mol. The maximum Gasteiger partial charge on any atom is 0.227 e. The monoisotopic (exact) mass is 313 g/mol. The fraction of sp³-hybridized carbons (Fsp3) is 0.316. The molecule has 2 aromatic carbocycles. The molecule has 2 rings (SSSR count). The van der Waals surface area contributed by atoms with Gasteiger partial charge in [0.1, 0.15) is 11.5 Å². The highest BCUT2D eigenvalue weighted by molar-refractivity contribution is 5.80. The van der Waals surface area contributed by atoms with E-state index in [2.05, 4.69) is 0 Å². The van der Waals surface area contributed by atoms with Gasteiger partial charge in [0.25, 0.3) is 0 Å². The van der Waals surface area contributed by atoms with Crippen LogP contribution in [0.5, 0.6) is 11.5 Å². The molecule has 0 spiro atoms. The van der Waals surface area contributed by atoms with E-state index in [0.29, 0.717) is 11.5 Å². The Morgan fingerprint density at radius 3 is 2.39 bits per heavy atom. The smallest absolute Gasteiger partial charge is 0.227 e.